The van der Waals surface area contributed by atoms with Gasteiger partial charge in [-0.2, -0.15) is 16.5 Å². The largest absolute Gasteiger partial charge is 0.480 e. The lowest BCUT2D eigenvalue weighted by atomic mass is 10.2. The second kappa shape index (κ2) is 7.31. The van der Waals surface area contributed by atoms with E-state index in [4.69, 9.17) is 16.7 Å². The number of halogens is 1. The van der Waals surface area contributed by atoms with Crippen LogP contribution < -0.4 is 4.72 Å². The molecule has 0 saturated carbocycles. The molecule has 1 atom stereocenters. The summed E-state index contributed by atoms with van der Waals surface area (Å²) in [5.41, 5.74) is 0.399. The molecule has 0 bridgehead atoms. The van der Waals surface area contributed by atoms with E-state index in [0.29, 0.717) is 16.3 Å². The van der Waals surface area contributed by atoms with Crippen LogP contribution in [0.4, 0.5) is 0 Å². The third kappa shape index (κ3) is 4.37. The van der Waals surface area contributed by atoms with Crippen LogP contribution in [-0.2, 0) is 14.8 Å². The summed E-state index contributed by atoms with van der Waals surface area (Å²) in [6, 6.07) is 3.35. The van der Waals surface area contributed by atoms with Crippen LogP contribution in [-0.4, -0.2) is 37.5 Å². The number of carboxylic acid groups (broad SMARTS) is 1. The number of aliphatic carboxylic acids is 1. The van der Waals surface area contributed by atoms with Crippen LogP contribution in [0.2, 0.25) is 5.02 Å². The van der Waals surface area contributed by atoms with E-state index in [1.165, 1.54) is 23.9 Å². The van der Waals surface area contributed by atoms with E-state index in [9.17, 15) is 13.2 Å². The van der Waals surface area contributed by atoms with Gasteiger partial charge in [-0.3, -0.25) is 4.79 Å². The normalized spacial score (nSPS) is 13.2. The number of rotatable bonds is 7. The van der Waals surface area contributed by atoms with Gasteiger partial charge in [0.1, 0.15) is 6.04 Å². The van der Waals surface area contributed by atoms with E-state index in [1.807, 2.05) is 6.26 Å². The van der Waals surface area contributed by atoms with Gasteiger partial charge < -0.3 is 5.11 Å². The van der Waals surface area contributed by atoms with Crippen LogP contribution in [0.3, 0.4) is 0 Å². The maximum atomic E-state index is 12.2. The lowest BCUT2D eigenvalue weighted by molar-refractivity contribution is -0.139. The second-order valence-corrected chi connectivity index (χ2v) is 7.23. The minimum absolute atomic E-state index is 0.000372. The first-order valence-corrected chi connectivity index (χ1v) is 9.04. The van der Waals surface area contributed by atoms with Crippen molar-refractivity contribution >= 4 is 39.4 Å². The number of carbonyl (C=O) groups is 1. The quantitative estimate of drug-likeness (QED) is 0.796. The van der Waals surface area contributed by atoms with Crippen molar-refractivity contribution in [1.29, 1.82) is 0 Å². The topological polar surface area (TPSA) is 83.5 Å². The van der Waals surface area contributed by atoms with E-state index < -0.39 is 22.0 Å². The molecule has 0 aliphatic heterocycles. The number of carboxylic acids is 1. The Labute approximate surface area is 127 Å². The van der Waals surface area contributed by atoms with Crippen molar-refractivity contribution in [3.05, 3.63) is 28.8 Å². The summed E-state index contributed by atoms with van der Waals surface area (Å²) in [6.45, 7) is 1.58. The fourth-order valence-electron chi connectivity index (χ4n) is 1.60. The Morgan fingerprint density at radius 1 is 1.50 bits per heavy atom. The molecule has 0 fully saturated rings. The SMILES string of the molecule is CSCC[C@H](NS(=O)(=O)c1cccc(Cl)c1C)C(=O)O. The summed E-state index contributed by atoms with van der Waals surface area (Å²) in [6.07, 6.45) is 2.05. The highest BCUT2D eigenvalue weighted by Crippen LogP contribution is 2.23. The molecule has 8 heteroatoms. The molecule has 0 radical (unpaired) electrons. The van der Waals surface area contributed by atoms with E-state index in [2.05, 4.69) is 4.72 Å². The molecule has 0 heterocycles. The first-order valence-electron chi connectivity index (χ1n) is 5.78. The molecule has 0 unspecified atom stereocenters. The number of hydrogen-bond acceptors (Lipinski definition) is 4. The molecule has 0 amide bonds. The van der Waals surface area contributed by atoms with Crippen molar-refractivity contribution < 1.29 is 18.3 Å². The van der Waals surface area contributed by atoms with Gasteiger partial charge in [0.05, 0.1) is 4.90 Å². The molecule has 20 heavy (non-hydrogen) atoms. The first-order chi connectivity index (χ1) is 9.29. The molecule has 2 N–H and O–H groups in total. The van der Waals surface area contributed by atoms with Gasteiger partial charge in [-0.15, -0.1) is 0 Å². The molecule has 112 valence electrons. The van der Waals surface area contributed by atoms with Crippen molar-refractivity contribution in [2.24, 2.45) is 0 Å². The number of thioether (sulfide) groups is 1. The van der Waals surface area contributed by atoms with E-state index in [1.54, 1.807) is 13.0 Å². The van der Waals surface area contributed by atoms with Gasteiger partial charge in [-0.1, -0.05) is 17.7 Å². The standard InChI is InChI=1S/C12H16ClNO4S2/c1-8-9(13)4-3-5-11(8)20(17,18)14-10(12(15)16)6-7-19-2/h3-5,10,14H,6-7H2,1-2H3,(H,15,16)/t10-/m0/s1. The molecule has 0 aromatic heterocycles. The highest BCUT2D eigenvalue weighted by Gasteiger charge is 2.26. The van der Waals surface area contributed by atoms with E-state index in [-0.39, 0.29) is 11.3 Å². The lowest BCUT2D eigenvalue weighted by Crippen LogP contribution is -2.41. The fourth-order valence-corrected chi connectivity index (χ4v) is 3.79. The number of nitrogens with one attached hydrogen (secondary N) is 1. The van der Waals surface area contributed by atoms with Gasteiger partial charge >= 0.3 is 5.97 Å². The smallest absolute Gasteiger partial charge is 0.321 e. The Kier molecular flexibility index (Phi) is 6.32. The Bertz CT molecular complexity index is 589. The maximum Gasteiger partial charge on any atom is 0.321 e. The predicted molar refractivity (Wildman–Crippen MR) is 80.9 cm³/mol. The van der Waals surface area contributed by atoms with Gasteiger partial charge in [0.25, 0.3) is 0 Å². The van der Waals surface area contributed by atoms with Crippen molar-refractivity contribution in [3.63, 3.8) is 0 Å². The molecular weight excluding hydrogens is 322 g/mol. The predicted octanol–water partition coefficient (Wildman–Crippen LogP) is 2.13. The molecule has 1 aromatic carbocycles. The summed E-state index contributed by atoms with van der Waals surface area (Å²) < 4.78 is 26.7. The summed E-state index contributed by atoms with van der Waals surface area (Å²) in [7, 11) is -3.91. The molecule has 1 rings (SSSR count). The number of hydrogen-bond donors (Lipinski definition) is 2. The first kappa shape index (κ1) is 17.3. The summed E-state index contributed by atoms with van der Waals surface area (Å²) in [5.74, 6) is -0.643. The summed E-state index contributed by atoms with van der Waals surface area (Å²) in [5, 5.41) is 9.39. The Morgan fingerprint density at radius 3 is 2.70 bits per heavy atom. The molecule has 0 aliphatic carbocycles. The van der Waals surface area contributed by atoms with Gasteiger partial charge in [0, 0.05) is 5.02 Å². The van der Waals surface area contributed by atoms with E-state index >= 15 is 0 Å². The summed E-state index contributed by atoms with van der Waals surface area (Å²) in [4.78, 5) is 11.1. The van der Waals surface area contributed by atoms with Crippen molar-refractivity contribution in [2.75, 3.05) is 12.0 Å². The molecule has 0 spiro atoms. The highest BCUT2D eigenvalue weighted by molar-refractivity contribution is 7.98. The van der Waals surface area contributed by atoms with Gasteiger partial charge in [0.2, 0.25) is 10.0 Å². The lowest BCUT2D eigenvalue weighted by Gasteiger charge is -2.15. The zero-order valence-corrected chi connectivity index (χ0v) is 13.5. The van der Waals surface area contributed by atoms with Crippen molar-refractivity contribution in [3.8, 4) is 0 Å². The average molecular weight is 338 g/mol. The van der Waals surface area contributed by atoms with Gasteiger partial charge in [-0.25, -0.2) is 8.42 Å². The van der Waals surface area contributed by atoms with Crippen LogP contribution in [0.1, 0.15) is 12.0 Å². The number of sulfonamides is 1. The highest BCUT2D eigenvalue weighted by atomic mass is 35.5. The second-order valence-electron chi connectivity index (χ2n) is 4.16. The van der Waals surface area contributed by atoms with Gasteiger partial charge in [0.15, 0.2) is 0 Å². The number of benzene rings is 1. The fraction of sp³-hybridized carbons (Fsp3) is 0.417. The Hall–Kier alpha value is -0.760. The Morgan fingerprint density at radius 2 is 2.15 bits per heavy atom. The summed E-state index contributed by atoms with van der Waals surface area (Å²) >= 11 is 7.35. The zero-order chi connectivity index (χ0) is 15.3. The minimum Gasteiger partial charge on any atom is -0.480 e. The van der Waals surface area contributed by atoms with Crippen LogP contribution in [0.25, 0.3) is 0 Å². The third-order valence-electron chi connectivity index (χ3n) is 2.71. The third-order valence-corrected chi connectivity index (χ3v) is 5.38. The van der Waals surface area contributed by atoms with Gasteiger partial charge in [-0.05, 0) is 43.0 Å². The van der Waals surface area contributed by atoms with Crippen LogP contribution in [0, 0.1) is 6.92 Å². The molecule has 0 aliphatic rings. The molecule has 1 aromatic rings. The van der Waals surface area contributed by atoms with Crippen molar-refractivity contribution in [1.82, 2.24) is 4.72 Å². The Balaban J connectivity index is 3.04. The molecule has 5 nitrogen and oxygen atoms in total. The van der Waals surface area contributed by atoms with E-state index in [0.717, 1.165) is 0 Å². The zero-order valence-electron chi connectivity index (χ0n) is 11.1. The van der Waals surface area contributed by atoms with Crippen LogP contribution >= 0.6 is 23.4 Å². The van der Waals surface area contributed by atoms with Crippen LogP contribution in [0.15, 0.2) is 23.1 Å². The average Bonchev–Trinajstić information content (AvgIpc) is 2.37. The molecular formula is C12H16ClNO4S2. The van der Waals surface area contributed by atoms with Crippen LogP contribution in [0.5, 0.6) is 0 Å². The molecule has 0 saturated heterocycles. The maximum absolute atomic E-state index is 12.2. The van der Waals surface area contributed by atoms with Crippen molar-refractivity contribution in [2.45, 2.75) is 24.3 Å². The monoisotopic (exact) mass is 337 g/mol. The minimum atomic E-state index is -3.91.